The van der Waals surface area contributed by atoms with Crippen molar-refractivity contribution >= 4 is 67.9 Å². The van der Waals surface area contributed by atoms with Crippen molar-refractivity contribution in [3.05, 3.63) is 53.6 Å². The number of benzene rings is 1. The van der Waals surface area contributed by atoms with E-state index in [1.807, 2.05) is 0 Å². The number of ketones is 1. The van der Waals surface area contributed by atoms with Crippen LogP contribution in [0.3, 0.4) is 0 Å². The van der Waals surface area contributed by atoms with Gasteiger partial charge in [-0.05, 0) is 34.1 Å². The zero-order chi connectivity index (χ0) is 12.6. The zero-order valence-corrected chi connectivity index (χ0v) is 12.8. The van der Waals surface area contributed by atoms with E-state index < -0.39 is 0 Å². The molecule has 0 amide bonds. The van der Waals surface area contributed by atoms with Gasteiger partial charge in [-0.3, -0.25) is 4.79 Å². The summed E-state index contributed by atoms with van der Waals surface area (Å²) in [6.45, 7) is 0. The first-order valence-corrected chi connectivity index (χ1v) is 7.18. The molecular weight excluding hydrogens is 366 g/mol. The topological polar surface area (TPSA) is 17.1 Å². The minimum absolute atomic E-state index is 0.185. The lowest BCUT2D eigenvalue weighted by Gasteiger charge is -2.02. The Balaban J connectivity index is 2.47. The van der Waals surface area contributed by atoms with Crippen molar-refractivity contribution < 1.29 is 4.79 Å². The summed E-state index contributed by atoms with van der Waals surface area (Å²) in [5.74, 6) is -0.185. The number of halogens is 4. The molecule has 1 aromatic heterocycles. The van der Waals surface area contributed by atoms with Crippen LogP contribution in [0.4, 0.5) is 0 Å². The molecule has 0 unspecified atom stereocenters. The molecule has 6 heteroatoms. The van der Waals surface area contributed by atoms with Crippen molar-refractivity contribution in [2.24, 2.45) is 0 Å². The van der Waals surface area contributed by atoms with E-state index in [0.717, 1.165) is 3.79 Å². The highest BCUT2D eigenvalue weighted by molar-refractivity contribution is 9.11. The van der Waals surface area contributed by atoms with Crippen LogP contribution in [0.2, 0.25) is 15.1 Å². The van der Waals surface area contributed by atoms with E-state index in [2.05, 4.69) is 15.9 Å². The lowest BCUT2D eigenvalue weighted by Crippen LogP contribution is -1.99. The predicted octanol–water partition coefficient (Wildman–Crippen LogP) is 5.70. The highest BCUT2D eigenvalue weighted by atomic mass is 79.9. The summed E-state index contributed by atoms with van der Waals surface area (Å²) in [5.41, 5.74) is 0.379. The van der Waals surface area contributed by atoms with E-state index in [1.54, 1.807) is 24.3 Å². The number of hydrogen-bond donors (Lipinski definition) is 0. The van der Waals surface area contributed by atoms with Gasteiger partial charge in [0.1, 0.15) is 0 Å². The Bertz CT molecular complexity index is 575. The van der Waals surface area contributed by atoms with Gasteiger partial charge >= 0.3 is 0 Å². The van der Waals surface area contributed by atoms with Gasteiger partial charge in [0.15, 0.2) is 0 Å². The molecule has 0 aliphatic heterocycles. The summed E-state index contributed by atoms with van der Waals surface area (Å²) in [6, 6.07) is 6.57. The maximum absolute atomic E-state index is 12.2. The molecular formula is C11H4BrCl3OS. The van der Waals surface area contributed by atoms with Crippen molar-refractivity contribution in [2.75, 3.05) is 0 Å². The minimum Gasteiger partial charge on any atom is -0.288 e. The van der Waals surface area contributed by atoms with Gasteiger partial charge in [0.2, 0.25) is 5.78 Å². The van der Waals surface area contributed by atoms with Gasteiger partial charge in [0.25, 0.3) is 0 Å². The van der Waals surface area contributed by atoms with Crippen LogP contribution in [-0.2, 0) is 0 Å². The molecule has 1 aromatic carbocycles. The van der Waals surface area contributed by atoms with Gasteiger partial charge in [-0.25, -0.2) is 0 Å². The second-order valence-electron chi connectivity index (χ2n) is 3.16. The zero-order valence-electron chi connectivity index (χ0n) is 8.14. The molecule has 17 heavy (non-hydrogen) atoms. The molecule has 0 fully saturated rings. The maximum Gasteiger partial charge on any atom is 0.204 e. The number of thiophene rings is 1. The molecule has 1 heterocycles. The normalized spacial score (nSPS) is 10.6. The Morgan fingerprint density at radius 1 is 1.18 bits per heavy atom. The summed E-state index contributed by atoms with van der Waals surface area (Å²) >= 11 is 22.3. The Kier molecular flexibility index (Phi) is 4.16. The van der Waals surface area contributed by atoms with Crippen molar-refractivity contribution in [3.8, 4) is 0 Å². The van der Waals surface area contributed by atoms with Gasteiger partial charge in [-0.1, -0.05) is 40.9 Å². The van der Waals surface area contributed by atoms with Crippen LogP contribution in [0.5, 0.6) is 0 Å². The van der Waals surface area contributed by atoms with Crippen molar-refractivity contribution in [3.63, 3.8) is 0 Å². The Morgan fingerprint density at radius 2 is 1.88 bits per heavy atom. The highest BCUT2D eigenvalue weighted by Gasteiger charge is 2.18. The number of hydrogen-bond acceptors (Lipinski definition) is 2. The average molecular weight is 370 g/mol. The summed E-state index contributed by atoms with van der Waals surface area (Å²) < 4.78 is 0.723. The molecule has 0 atom stereocenters. The third kappa shape index (κ3) is 2.69. The molecule has 1 nitrogen and oxygen atoms in total. The summed E-state index contributed by atoms with van der Waals surface area (Å²) in [6.07, 6.45) is 0. The molecule has 0 spiro atoms. The van der Waals surface area contributed by atoms with E-state index in [-0.39, 0.29) is 10.8 Å². The smallest absolute Gasteiger partial charge is 0.204 e. The van der Waals surface area contributed by atoms with Crippen LogP contribution in [0, 0.1) is 0 Å². The Hall–Kier alpha value is -0.0600. The lowest BCUT2D eigenvalue weighted by molar-refractivity contribution is 0.104. The van der Waals surface area contributed by atoms with Crippen LogP contribution in [0.25, 0.3) is 0 Å². The first kappa shape index (κ1) is 13.4. The largest absolute Gasteiger partial charge is 0.288 e. The lowest BCUT2D eigenvalue weighted by atomic mass is 10.1. The maximum atomic E-state index is 12.2. The second kappa shape index (κ2) is 5.29. The fraction of sp³-hybridized carbons (Fsp3) is 0. The second-order valence-corrected chi connectivity index (χ2v) is 6.73. The number of carbonyl (C=O) groups excluding carboxylic acids is 1. The van der Waals surface area contributed by atoms with E-state index in [0.29, 0.717) is 20.5 Å². The van der Waals surface area contributed by atoms with Gasteiger partial charge in [-0.15, -0.1) is 11.3 Å². The van der Waals surface area contributed by atoms with Crippen molar-refractivity contribution in [1.82, 2.24) is 0 Å². The molecule has 0 aliphatic carbocycles. The molecule has 0 saturated heterocycles. The van der Waals surface area contributed by atoms with Crippen LogP contribution in [0.1, 0.15) is 15.2 Å². The fourth-order valence-corrected chi connectivity index (χ4v) is 3.31. The van der Waals surface area contributed by atoms with E-state index >= 15 is 0 Å². The van der Waals surface area contributed by atoms with Gasteiger partial charge in [0, 0.05) is 5.56 Å². The first-order chi connectivity index (χ1) is 8.00. The SMILES string of the molecule is O=C(c1cc(Cl)c(Br)s1)c1cccc(Cl)c1Cl. The monoisotopic (exact) mass is 368 g/mol. The standard InChI is InChI=1S/C11H4BrCl3OS/c12-11-7(14)4-8(17-11)10(16)5-2-1-3-6(13)9(5)15/h1-4H. The fourth-order valence-electron chi connectivity index (χ4n) is 1.27. The number of carbonyl (C=O) groups is 1. The van der Waals surface area contributed by atoms with Crippen molar-refractivity contribution in [2.45, 2.75) is 0 Å². The van der Waals surface area contributed by atoms with Crippen LogP contribution in [0.15, 0.2) is 28.1 Å². The van der Waals surface area contributed by atoms with Crippen LogP contribution >= 0.6 is 62.1 Å². The number of rotatable bonds is 2. The van der Waals surface area contributed by atoms with E-state index in [9.17, 15) is 4.79 Å². The molecule has 0 bridgehead atoms. The van der Waals surface area contributed by atoms with Gasteiger partial charge in [0.05, 0.1) is 23.7 Å². The van der Waals surface area contributed by atoms with Crippen molar-refractivity contribution in [1.29, 1.82) is 0 Å². The average Bonchev–Trinajstić information content (AvgIpc) is 2.62. The molecule has 2 rings (SSSR count). The summed E-state index contributed by atoms with van der Waals surface area (Å²) in [4.78, 5) is 12.7. The van der Waals surface area contributed by atoms with E-state index in [4.69, 9.17) is 34.8 Å². The third-order valence-corrected chi connectivity index (χ3v) is 5.36. The molecule has 88 valence electrons. The highest BCUT2D eigenvalue weighted by Crippen LogP contribution is 2.35. The van der Waals surface area contributed by atoms with Crippen LogP contribution in [-0.4, -0.2) is 5.78 Å². The molecule has 0 aliphatic rings. The van der Waals surface area contributed by atoms with Crippen LogP contribution < -0.4 is 0 Å². The molecule has 0 N–H and O–H groups in total. The Morgan fingerprint density at radius 3 is 2.47 bits per heavy atom. The minimum atomic E-state index is -0.185. The quantitative estimate of drug-likeness (QED) is 0.620. The molecule has 2 aromatic rings. The van der Waals surface area contributed by atoms with Gasteiger partial charge in [-0.2, -0.15) is 0 Å². The Labute approximate surface area is 125 Å². The third-order valence-electron chi connectivity index (χ3n) is 2.07. The predicted molar refractivity (Wildman–Crippen MR) is 76.9 cm³/mol. The summed E-state index contributed by atoms with van der Waals surface area (Å²) in [5, 5.41) is 1.13. The molecule has 0 saturated carbocycles. The van der Waals surface area contributed by atoms with Gasteiger partial charge < -0.3 is 0 Å². The first-order valence-electron chi connectivity index (χ1n) is 4.44. The summed E-state index contributed by atoms with van der Waals surface area (Å²) in [7, 11) is 0. The molecule has 0 radical (unpaired) electrons. The van der Waals surface area contributed by atoms with E-state index in [1.165, 1.54) is 11.3 Å².